The predicted molar refractivity (Wildman–Crippen MR) is 141 cm³/mol. The average Bonchev–Trinajstić information content (AvgIpc) is 3.58. The number of hydrazine groups is 1. The van der Waals surface area contributed by atoms with Crippen LogP contribution in [0, 0.1) is 11.8 Å². The topological polar surface area (TPSA) is 63.3 Å². The van der Waals surface area contributed by atoms with Crippen LogP contribution in [0.15, 0.2) is 39.4 Å². The third kappa shape index (κ3) is 4.48. The van der Waals surface area contributed by atoms with Crippen LogP contribution in [0.4, 0.5) is 0 Å². The summed E-state index contributed by atoms with van der Waals surface area (Å²) >= 11 is 16.1. The number of nitrogens with zero attached hydrogens (tertiary/aromatic N) is 3. The van der Waals surface area contributed by atoms with Gasteiger partial charge in [0, 0.05) is 23.7 Å². The number of furan rings is 1. The molecule has 2 fully saturated rings. The van der Waals surface area contributed by atoms with Gasteiger partial charge in [0.05, 0.1) is 16.4 Å². The fourth-order valence-electron chi connectivity index (χ4n) is 5.84. The highest BCUT2D eigenvalue weighted by Gasteiger charge is 2.37. The van der Waals surface area contributed by atoms with Crippen molar-refractivity contribution in [3.8, 4) is 5.69 Å². The summed E-state index contributed by atoms with van der Waals surface area (Å²) in [7, 11) is 0. The minimum Gasteiger partial charge on any atom is -0.450 e. The Morgan fingerprint density at radius 1 is 1.11 bits per heavy atom. The molecule has 3 aliphatic rings. The highest BCUT2D eigenvalue weighted by molar-refractivity contribution is 9.10. The van der Waals surface area contributed by atoms with Crippen molar-refractivity contribution in [2.75, 3.05) is 13.1 Å². The van der Waals surface area contributed by atoms with Crippen LogP contribution in [-0.4, -0.2) is 33.8 Å². The molecule has 3 aromatic rings. The van der Waals surface area contributed by atoms with Crippen LogP contribution >= 0.6 is 39.1 Å². The molecule has 2 atom stereocenters. The number of aromatic nitrogens is 2. The molecule has 2 aliphatic carbocycles. The lowest BCUT2D eigenvalue weighted by molar-refractivity contribution is 0.0807. The van der Waals surface area contributed by atoms with Crippen LogP contribution in [0.25, 0.3) is 17.3 Å². The molecule has 35 heavy (non-hydrogen) atoms. The molecule has 2 unspecified atom stereocenters. The van der Waals surface area contributed by atoms with E-state index < -0.39 is 0 Å². The van der Waals surface area contributed by atoms with E-state index in [0.29, 0.717) is 37.9 Å². The van der Waals surface area contributed by atoms with Gasteiger partial charge in [-0.25, -0.2) is 9.69 Å². The Kier molecular flexibility index (Phi) is 6.29. The summed E-state index contributed by atoms with van der Waals surface area (Å²) in [5, 5.41) is 7.94. The molecule has 1 saturated heterocycles. The number of allylic oxidation sites excluding steroid dienone is 1. The smallest absolute Gasteiger partial charge is 0.286 e. The lowest BCUT2D eigenvalue weighted by atomic mass is 9.90. The van der Waals surface area contributed by atoms with Crippen molar-refractivity contribution in [2.24, 2.45) is 11.8 Å². The van der Waals surface area contributed by atoms with Crippen molar-refractivity contribution in [1.29, 1.82) is 0 Å². The van der Waals surface area contributed by atoms with Crippen LogP contribution in [0.5, 0.6) is 0 Å². The van der Waals surface area contributed by atoms with E-state index in [2.05, 4.69) is 26.4 Å². The second-order valence-electron chi connectivity index (χ2n) is 9.65. The Balaban J connectivity index is 1.41. The largest absolute Gasteiger partial charge is 0.450 e. The number of nitrogens with one attached hydrogen (secondary N) is 1. The Labute approximate surface area is 222 Å². The fourth-order valence-corrected chi connectivity index (χ4v) is 6.65. The van der Waals surface area contributed by atoms with Gasteiger partial charge >= 0.3 is 0 Å². The van der Waals surface area contributed by atoms with Crippen molar-refractivity contribution in [1.82, 2.24) is 20.2 Å². The quantitative estimate of drug-likeness (QED) is 0.372. The number of rotatable bonds is 4. The minimum atomic E-state index is -0.160. The van der Waals surface area contributed by atoms with Crippen LogP contribution in [0.1, 0.15) is 59.6 Å². The summed E-state index contributed by atoms with van der Waals surface area (Å²) < 4.78 is 8.21. The van der Waals surface area contributed by atoms with E-state index in [1.165, 1.54) is 19.3 Å². The van der Waals surface area contributed by atoms with Gasteiger partial charge in [-0.2, -0.15) is 5.10 Å². The standard InChI is InChI=1S/C26H25BrCl2N4O2/c27-23-10-8-19(35-23)11-15-3-2-6-20-24(26(34)31-32-13-16-4-1-5-17(16)14-32)30-33(25(15)20)22-9-7-18(28)12-21(22)29/h7-12,16-17H,1-6,13-14H2,(H,31,34)/b15-11+. The molecule has 9 heteroatoms. The van der Waals surface area contributed by atoms with Crippen molar-refractivity contribution in [3.05, 3.63) is 67.8 Å². The molecular weight excluding hydrogens is 551 g/mol. The molecule has 182 valence electrons. The number of carbonyl (C=O) groups is 1. The fraction of sp³-hybridized carbons (Fsp3) is 0.385. The average molecular weight is 576 g/mol. The van der Waals surface area contributed by atoms with Gasteiger partial charge in [-0.3, -0.25) is 10.2 Å². The Hall–Kier alpha value is -2.06. The minimum absolute atomic E-state index is 0.160. The third-order valence-electron chi connectivity index (χ3n) is 7.41. The van der Waals surface area contributed by atoms with Gasteiger partial charge in [0.25, 0.3) is 5.91 Å². The Morgan fingerprint density at radius 3 is 2.63 bits per heavy atom. The van der Waals surface area contributed by atoms with Gasteiger partial charge in [0.2, 0.25) is 0 Å². The van der Waals surface area contributed by atoms with Crippen molar-refractivity contribution >= 4 is 56.7 Å². The lowest BCUT2D eigenvalue weighted by Gasteiger charge is -2.19. The van der Waals surface area contributed by atoms with Gasteiger partial charge in [0.15, 0.2) is 10.4 Å². The van der Waals surface area contributed by atoms with Gasteiger partial charge in [0.1, 0.15) is 5.76 Å². The number of carbonyl (C=O) groups excluding carboxylic acids is 1. The first-order valence-electron chi connectivity index (χ1n) is 12.1. The van der Waals surface area contributed by atoms with Crippen molar-refractivity contribution in [3.63, 3.8) is 0 Å². The van der Waals surface area contributed by atoms with E-state index in [0.717, 1.165) is 54.9 Å². The summed E-state index contributed by atoms with van der Waals surface area (Å²) in [5.41, 5.74) is 7.19. The first-order chi connectivity index (χ1) is 17.0. The number of fused-ring (bicyclic) bond motifs is 2. The maximum atomic E-state index is 13.5. The van der Waals surface area contributed by atoms with Crippen molar-refractivity contribution in [2.45, 2.75) is 38.5 Å². The van der Waals surface area contributed by atoms with E-state index >= 15 is 0 Å². The SMILES string of the molecule is O=C(NN1CC2CCCC2C1)c1nn(-c2ccc(Cl)cc2Cl)c2c1CCC/C2=C\c1ccc(Br)o1. The molecule has 1 aromatic carbocycles. The summed E-state index contributed by atoms with van der Waals surface area (Å²) in [4.78, 5) is 13.5. The number of halogens is 3. The highest BCUT2D eigenvalue weighted by atomic mass is 79.9. The van der Waals surface area contributed by atoms with Crippen LogP contribution in [0.3, 0.4) is 0 Å². The Morgan fingerprint density at radius 2 is 1.91 bits per heavy atom. The zero-order valence-electron chi connectivity index (χ0n) is 19.1. The predicted octanol–water partition coefficient (Wildman–Crippen LogP) is 6.79. The summed E-state index contributed by atoms with van der Waals surface area (Å²) in [6.45, 7) is 1.84. The number of amides is 1. The normalized spacial score (nSPS) is 23.0. The molecule has 6 rings (SSSR count). The van der Waals surface area contributed by atoms with Crippen LogP contribution in [-0.2, 0) is 6.42 Å². The van der Waals surface area contributed by atoms with E-state index in [9.17, 15) is 4.79 Å². The molecular formula is C26H25BrCl2N4O2. The van der Waals surface area contributed by atoms with Gasteiger partial charge in [-0.15, -0.1) is 0 Å². The number of hydrogen-bond acceptors (Lipinski definition) is 4. The number of benzene rings is 1. The monoisotopic (exact) mass is 574 g/mol. The molecule has 1 aliphatic heterocycles. The molecule has 0 spiro atoms. The van der Waals surface area contributed by atoms with E-state index in [4.69, 9.17) is 32.7 Å². The maximum Gasteiger partial charge on any atom is 0.286 e. The highest BCUT2D eigenvalue weighted by Crippen LogP contribution is 2.39. The number of hydrogen-bond donors (Lipinski definition) is 1. The summed E-state index contributed by atoms with van der Waals surface area (Å²) in [6, 6.07) is 9.12. The molecule has 6 nitrogen and oxygen atoms in total. The molecule has 1 amide bonds. The van der Waals surface area contributed by atoms with E-state index in [1.54, 1.807) is 16.8 Å². The zero-order chi connectivity index (χ0) is 24.1. The molecule has 0 radical (unpaired) electrons. The van der Waals surface area contributed by atoms with Crippen LogP contribution in [0.2, 0.25) is 10.0 Å². The van der Waals surface area contributed by atoms with Crippen molar-refractivity contribution < 1.29 is 9.21 Å². The zero-order valence-corrected chi connectivity index (χ0v) is 22.2. The second-order valence-corrected chi connectivity index (χ2v) is 11.3. The van der Waals surface area contributed by atoms with E-state index in [-0.39, 0.29) is 5.91 Å². The van der Waals surface area contributed by atoms with E-state index in [1.807, 2.05) is 24.3 Å². The summed E-state index contributed by atoms with van der Waals surface area (Å²) in [5.74, 6) is 1.96. The molecule has 3 heterocycles. The first kappa shape index (κ1) is 23.3. The van der Waals surface area contributed by atoms with Gasteiger partial charge in [-0.1, -0.05) is 29.6 Å². The molecule has 1 saturated carbocycles. The first-order valence-corrected chi connectivity index (χ1v) is 13.6. The lowest BCUT2D eigenvalue weighted by Crippen LogP contribution is -2.41. The third-order valence-corrected chi connectivity index (χ3v) is 8.37. The molecule has 2 aromatic heterocycles. The Bertz CT molecular complexity index is 1320. The molecule has 1 N–H and O–H groups in total. The maximum absolute atomic E-state index is 13.5. The van der Waals surface area contributed by atoms with Gasteiger partial charge in [-0.05, 0) is 102 Å². The van der Waals surface area contributed by atoms with Crippen LogP contribution < -0.4 is 5.43 Å². The second kappa shape index (κ2) is 9.43. The summed E-state index contributed by atoms with van der Waals surface area (Å²) in [6.07, 6.45) is 8.38. The van der Waals surface area contributed by atoms with Gasteiger partial charge < -0.3 is 4.42 Å². The molecule has 0 bridgehead atoms.